The molecule has 0 amide bonds. The molecule has 112 valence electrons. The van der Waals surface area contributed by atoms with E-state index in [0.717, 1.165) is 10.0 Å². The zero-order chi connectivity index (χ0) is 15.4. The van der Waals surface area contributed by atoms with Gasteiger partial charge in [0, 0.05) is 6.54 Å². The van der Waals surface area contributed by atoms with E-state index in [1.807, 2.05) is 13.1 Å². The van der Waals surface area contributed by atoms with Crippen LogP contribution in [0.3, 0.4) is 0 Å². The number of methoxy groups -OCH3 is 1. The van der Waals surface area contributed by atoms with Crippen LogP contribution in [-0.4, -0.2) is 14.2 Å². The maximum Gasteiger partial charge on any atom is 0.166 e. The molecule has 0 unspecified atom stereocenters. The van der Waals surface area contributed by atoms with Crippen LogP contribution in [0.15, 0.2) is 39.3 Å². The van der Waals surface area contributed by atoms with Crippen LogP contribution >= 0.6 is 31.9 Å². The van der Waals surface area contributed by atoms with Gasteiger partial charge in [0.2, 0.25) is 0 Å². The molecule has 0 bridgehead atoms. The van der Waals surface area contributed by atoms with E-state index in [9.17, 15) is 4.39 Å². The second-order valence-corrected chi connectivity index (χ2v) is 6.02. The Morgan fingerprint density at radius 2 is 1.71 bits per heavy atom. The van der Waals surface area contributed by atoms with Gasteiger partial charge < -0.3 is 14.8 Å². The number of nitrogens with one attached hydrogen (secondary N) is 1. The first-order chi connectivity index (χ1) is 10.0. The monoisotopic (exact) mass is 417 g/mol. The van der Waals surface area contributed by atoms with E-state index in [2.05, 4.69) is 37.2 Å². The summed E-state index contributed by atoms with van der Waals surface area (Å²) in [6, 6.07) is 8.38. The summed E-state index contributed by atoms with van der Waals surface area (Å²) in [5, 5.41) is 2.97. The van der Waals surface area contributed by atoms with Gasteiger partial charge in [0.1, 0.15) is 11.5 Å². The zero-order valence-corrected chi connectivity index (χ0v) is 14.7. The number of rotatable bonds is 5. The molecule has 1 N–H and O–H groups in total. The predicted octanol–water partition coefficient (Wildman–Crippen LogP) is 4.87. The van der Waals surface area contributed by atoms with Crippen molar-refractivity contribution in [3.8, 4) is 17.2 Å². The Labute approximate surface area is 139 Å². The lowest BCUT2D eigenvalue weighted by Gasteiger charge is -2.12. The Kier molecular flexibility index (Phi) is 5.61. The van der Waals surface area contributed by atoms with Gasteiger partial charge >= 0.3 is 0 Å². The molecule has 0 atom stereocenters. The topological polar surface area (TPSA) is 30.5 Å². The fourth-order valence-corrected chi connectivity index (χ4v) is 2.69. The van der Waals surface area contributed by atoms with Crippen molar-refractivity contribution >= 4 is 31.9 Å². The Morgan fingerprint density at radius 3 is 2.33 bits per heavy atom. The molecule has 0 aliphatic carbocycles. The Morgan fingerprint density at radius 1 is 1.05 bits per heavy atom. The molecule has 0 saturated heterocycles. The molecule has 0 saturated carbocycles. The third-order valence-corrected chi connectivity index (χ3v) is 4.04. The Hall–Kier alpha value is -1.11. The van der Waals surface area contributed by atoms with Gasteiger partial charge in [0.25, 0.3) is 0 Å². The minimum Gasteiger partial charge on any atom is -0.496 e. The van der Waals surface area contributed by atoms with Crippen LogP contribution in [-0.2, 0) is 6.54 Å². The van der Waals surface area contributed by atoms with Crippen LogP contribution in [0.4, 0.5) is 4.39 Å². The summed E-state index contributed by atoms with van der Waals surface area (Å²) in [7, 11) is 3.39. The first-order valence-electron chi connectivity index (χ1n) is 6.19. The van der Waals surface area contributed by atoms with Gasteiger partial charge in [-0.25, -0.2) is 4.39 Å². The first kappa shape index (κ1) is 16.3. The molecule has 2 aromatic rings. The van der Waals surface area contributed by atoms with Gasteiger partial charge in [0.05, 0.1) is 16.1 Å². The Bertz CT molecular complexity index is 650. The average molecular weight is 419 g/mol. The molecule has 0 aliphatic heterocycles. The number of benzene rings is 2. The van der Waals surface area contributed by atoms with Crippen molar-refractivity contribution in [1.29, 1.82) is 0 Å². The van der Waals surface area contributed by atoms with Crippen molar-refractivity contribution in [2.75, 3.05) is 14.2 Å². The van der Waals surface area contributed by atoms with Crippen LogP contribution in [0.2, 0.25) is 0 Å². The van der Waals surface area contributed by atoms with E-state index in [1.165, 1.54) is 6.07 Å². The highest BCUT2D eigenvalue weighted by Gasteiger charge is 2.12. The van der Waals surface area contributed by atoms with Crippen molar-refractivity contribution in [3.05, 3.63) is 50.7 Å². The largest absolute Gasteiger partial charge is 0.496 e. The number of hydrogen-bond acceptors (Lipinski definition) is 3. The van der Waals surface area contributed by atoms with Gasteiger partial charge in [-0.3, -0.25) is 0 Å². The summed E-state index contributed by atoms with van der Waals surface area (Å²) in [5.74, 6) is 0.941. The second-order valence-electron chi connectivity index (χ2n) is 4.31. The SMILES string of the molecule is CNCc1ccc(Oc2cc(Br)c(OC)cc2Br)c(F)c1. The highest BCUT2D eigenvalue weighted by Crippen LogP contribution is 2.38. The molecule has 0 heterocycles. The van der Waals surface area contributed by atoms with Crippen LogP contribution in [0, 0.1) is 5.82 Å². The van der Waals surface area contributed by atoms with E-state index in [-0.39, 0.29) is 5.75 Å². The fourth-order valence-electron chi connectivity index (χ4n) is 1.80. The molecule has 6 heteroatoms. The molecule has 21 heavy (non-hydrogen) atoms. The zero-order valence-electron chi connectivity index (χ0n) is 11.5. The van der Waals surface area contributed by atoms with E-state index < -0.39 is 5.82 Å². The lowest BCUT2D eigenvalue weighted by molar-refractivity contribution is 0.407. The van der Waals surface area contributed by atoms with Crippen molar-refractivity contribution < 1.29 is 13.9 Å². The minimum absolute atomic E-state index is 0.174. The van der Waals surface area contributed by atoms with Gasteiger partial charge in [-0.1, -0.05) is 6.07 Å². The number of hydrogen-bond donors (Lipinski definition) is 1. The van der Waals surface area contributed by atoms with Gasteiger partial charge in [-0.15, -0.1) is 0 Å². The minimum atomic E-state index is -0.401. The summed E-state index contributed by atoms with van der Waals surface area (Å²) < 4.78 is 26.3. The summed E-state index contributed by atoms with van der Waals surface area (Å²) >= 11 is 6.76. The highest BCUT2D eigenvalue weighted by molar-refractivity contribution is 9.11. The molecule has 2 rings (SSSR count). The summed E-state index contributed by atoms with van der Waals surface area (Å²) in [6.45, 7) is 0.606. The molecule has 0 spiro atoms. The van der Waals surface area contributed by atoms with Crippen molar-refractivity contribution in [2.45, 2.75) is 6.54 Å². The van der Waals surface area contributed by atoms with E-state index in [0.29, 0.717) is 22.5 Å². The van der Waals surface area contributed by atoms with E-state index in [4.69, 9.17) is 9.47 Å². The second kappa shape index (κ2) is 7.24. The molecule has 0 fully saturated rings. The van der Waals surface area contributed by atoms with Gasteiger partial charge in [-0.2, -0.15) is 0 Å². The molecule has 3 nitrogen and oxygen atoms in total. The van der Waals surface area contributed by atoms with Gasteiger partial charge in [-0.05, 0) is 68.7 Å². The molecule has 0 aliphatic rings. The summed E-state index contributed by atoms with van der Waals surface area (Å²) in [4.78, 5) is 0. The third kappa shape index (κ3) is 3.96. The smallest absolute Gasteiger partial charge is 0.166 e. The van der Waals surface area contributed by atoms with Crippen LogP contribution in [0.1, 0.15) is 5.56 Å². The molecule has 0 radical (unpaired) electrons. The van der Waals surface area contributed by atoms with Gasteiger partial charge in [0.15, 0.2) is 11.6 Å². The maximum atomic E-state index is 14.0. The third-order valence-electron chi connectivity index (χ3n) is 2.80. The molecule has 2 aromatic carbocycles. The van der Waals surface area contributed by atoms with Crippen LogP contribution in [0.5, 0.6) is 17.2 Å². The molecular weight excluding hydrogens is 405 g/mol. The lowest BCUT2D eigenvalue weighted by Crippen LogP contribution is -2.05. The van der Waals surface area contributed by atoms with Crippen LogP contribution < -0.4 is 14.8 Å². The Balaban J connectivity index is 2.28. The van der Waals surface area contributed by atoms with Crippen molar-refractivity contribution in [3.63, 3.8) is 0 Å². The normalized spacial score (nSPS) is 10.5. The van der Waals surface area contributed by atoms with Crippen molar-refractivity contribution in [2.24, 2.45) is 0 Å². The highest BCUT2D eigenvalue weighted by atomic mass is 79.9. The standard InChI is InChI=1S/C15H14Br2FNO2/c1-19-8-9-3-4-13(12(18)5-9)21-15-7-10(16)14(20-2)6-11(15)17/h3-7,19H,8H2,1-2H3. The average Bonchev–Trinajstić information content (AvgIpc) is 2.45. The number of halogens is 3. The van der Waals surface area contributed by atoms with E-state index >= 15 is 0 Å². The molecule has 0 aromatic heterocycles. The molecular formula is C15H14Br2FNO2. The van der Waals surface area contributed by atoms with E-state index in [1.54, 1.807) is 25.3 Å². The lowest BCUT2D eigenvalue weighted by atomic mass is 10.2. The predicted molar refractivity (Wildman–Crippen MR) is 87.6 cm³/mol. The quantitative estimate of drug-likeness (QED) is 0.751. The number of ether oxygens (including phenoxy) is 2. The van der Waals surface area contributed by atoms with Crippen molar-refractivity contribution in [1.82, 2.24) is 5.32 Å². The maximum absolute atomic E-state index is 14.0. The van der Waals surface area contributed by atoms with Crippen LogP contribution in [0.25, 0.3) is 0 Å². The first-order valence-corrected chi connectivity index (χ1v) is 7.77. The summed E-state index contributed by atoms with van der Waals surface area (Å²) in [5.41, 5.74) is 0.859. The summed E-state index contributed by atoms with van der Waals surface area (Å²) in [6.07, 6.45) is 0. The fraction of sp³-hybridized carbons (Fsp3) is 0.200.